The van der Waals surface area contributed by atoms with Gasteiger partial charge in [0.1, 0.15) is 11.5 Å². The second-order valence-electron chi connectivity index (χ2n) is 10.2. The van der Waals surface area contributed by atoms with Gasteiger partial charge in [-0.3, -0.25) is 14.5 Å². The number of rotatable bonds is 7. The van der Waals surface area contributed by atoms with Crippen LogP contribution in [-0.2, 0) is 15.0 Å². The molecule has 0 aliphatic carbocycles. The van der Waals surface area contributed by atoms with Crippen LogP contribution in [0.5, 0.6) is 17.2 Å². The number of carbonyl (C=O) groups excluding carboxylic acids is 2. The van der Waals surface area contributed by atoms with Crippen LogP contribution in [0.25, 0.3) is 5.76 Å². The molecule has 0 bridgehead atoms. The van der Waals surface area contributed by atoms with Crippen LogP contribution in [0.15, 0.2) is 66.2 Å². The number of aliphatic hydroxyl groups is 1. The van der Waals surface area contributed by atoms with Crippen LogP contribution >= 0.6 is 11.6 Å². The number of ketones is 1. The van der Waals surface area contributed by atoms with E-state index >= 15 is 0 Å². The summed E-state index contributed by atoms with van der Waals surface area (Å²) in [5, 5.41) is 12.1. The highest BCUT2D eigenvalue weighted by Gasteiger charge is 2.47. The molecule has 3 aromatic carbocycles. The van der Waals surface area contributed by atoms with Crippen molar-refractivity contribution in [1.82, 2.24) is 0 Å². The number of Topliss-reactive ketones (excluding diaryl/α,β-unsaturated/α-hetero) is 1. The van der Waals surface area contributed by atoms with Crippen molar-refractivity contribution < 1.29 is 28.9 Å². The number of anilines is 1. The molecule has 1 atom stereocenters. The Morgan fingerprint density at radius 2 is 1.56 bits per heavy atom. The van der Waals surface area contributed by atoms with Crippen LogP contribution in [-0.4, -0.2) is 37.6 Å². The summed E-state index contributed by atoms with van der Waals surface area (Å²) in [6, 6.07) is 16.1. The molecule has 3 aromatic rings. The highest BCUT2D eigenvalue weighted by molar-refractivity contribution is 6.51. The molecule has 1 fully saturated rings. The summed E-state index contributed by atoms with van der Waals surface area (Å²) in [5.41, 5.74) is 1.94. The number of amides is 1. The third kappa shape index (κ3) is 5.32. The summed E-state index contributed by atoms with van der Waals surface area (Å²) in [5.74, 6) is -0.213. The minimum absolute atomic E-state index is 0.0346. The SMILES string of the molecule is CCOc1cc(C2/C(=C(\O)c3ccc(OC)c(C(C)(C)C)c3)C(=O)C(=O)N2c2ccc(Cl)cc2)ccc1OC. The fraction of sp³-hybridized carbons (Fsp3) is 0.290. The quantitative estimate of drug-likeness (QED) is 0.201. The molecule has 1 saturated heterocycles. The lowest BCUT2D eigenvalue weighted by Gasteiger charge is -2.26. The summed E-state index contributed by atoms with van der Waals surface area (Å²) in [6.45, 7) is 8.32. The van der Waals surface area contributed by atoms with E-state index in [1.807, 2.05) is 27.7 Å². The zero-order valence-electron chi connectivity index (χ0n) is 22.9. The maximum absolute atomic E-state index is 13.6. The summed E-state index contributed by atoms with van der Waals surface area (Å²) < 4.78 is 16.7. The highest BCUT2D eigenvalue weighted by Crippen LogP contribution is 2.45. The van der Waals surface area contributed by atoms with Crippen molar-refractivity contribution in [2.75, 3.05) is 25.7 Å². The van der Waals surface area contributed by atoms with E-state index in [1.165, 1.54) is 12.0 Å². The van der Waals surface area contributed by atoms with Crippen molar-refractivity contribution in [2.24, 2.45) is 0 Å². The molecule has 0 aromatic heterocycles. The van der Waals surface area contributed by atoms with Gasteiger partial charge >= 0.3 is 0 Å². The van der Waals surface area contributed by atoms with Crippen molar-refractivity contribution in [3.63, 3.8) is 0 Å². The molecule has 0 saturated carbocycles. The molecular formula is C31H32ClNO6. The number of carbonyl (C=O) groups is 2. The normalized spacial score (nSPS) is 16.9. The van der Waals surface area contributed by atoms with Crippen LogP contribution in [0.1, 0.15) is 50.4 Å². The second kappa shape index (κ2) is 11.0. The fourth-order valence-corrected chi connectivity index (χ4v) is 4.87. The minimum Gasteiger partial charge on any atom is -0.507 e. The van der Waals surface area contributed by atoms with E-state index in [0.29, 0.717) is 45.7 Å². The molecule has 7 nitrogen and oxygen atoms in total. The van der Waals surface area contributed by atoms with E-state index in [0.717, 1.165) is 5.56 Å². The minimum atomic E-state index is -0.934. The maximum Gasteiger partial charge on any atom is 0.300 e. The molecular weight excluding hydrogens is 518 g/mol. The third-order valence-electron chi connectivity index (χ3n) is 6.63. The van der Waals surface area contributed by atoms with Gasteiger partial charge in [0.25, 0.3) is 11.7 Å². The van der Waals surface area contributed by atoms with Crippen LogP contribution in [0.2, 0.25) is 5.02 Å². The first kappa shape index (κ1) is 28.0. The molecule has 0 spiro atoms. The first-order valence-corrected chi connectivity index (χ1v) is 13.0. The molecule has 39 heavy (non-hydrogen) atoms. The van der Waals surface area contributed by atoms with Gasteiger partial charge in [0.15, 0.2) is 11.5 Å². The van der Waals surface area contributed by atoms with Crippen LogP contribution in [0.4, 0.5) is 5.69 Å². The lowest BCUT2D eigenvalue weighted by atomic mass is 9.84. The van der Waals surface area contributed by atoms with Gasteiger partial charge in [-0.1, -0.05) is 38.4 Å². The Kier molecular flexibility index (Phi) is 7.93. The number of hydrogen-bond donors (Lipinski definition) is 1. The molecule has 8 heteroatoms. The zero-order chi connectivity index (χ0) is 28.5. The van der Waals surface area contributed by atoms with Crippen molar-refractivity contribution in [2.45, 2.75) is 39.2 Å². The summed E-state index contributed by atoms with van der Waals surface area (Å²) >= 11 is 6.10. The standard InChI is InChI=1S/C31H32ClNO6/c1-7-39-25-17-18(8-15-24(25)38-6)27-26(29(35)30(36)33(27)21-12-10-20(32)11-13-21)28(34)19-9-14-23(37-5)22(16-19)31(2,3)4/h8-17,27,34H,7H2,1-6H3/b28-26+. The van der Waals surface area contributed by atoms with E-state index in [1.54, 1.807) is 67.8 Å². The highest BCUT2D eigenvalue weighted by atomic mass is 35.5. The lowest BCUT2D eigenvalue weighted by molar-refractivity contribution is -0.132. The molecule has 1 N–H and O–H groups in total. The Labute approximate surface area is 233 Å². The molecule has 1 aliphatic heterocycles. The number of ether oxygens (including phenoxy) is 3. The Balaban J connectivity index is 1.98. The smallest absolute Gasteiger partial charge is 0.300 e. The molecule has 1 aliphatic rings. The van der Waals surface area contributed by atoms with Gasteiger partial charge in [-0.05, 0) is 72.5 Å². The Bertz CT molecular complexity index is 1440. The molecule has 1 unspecified atom stereocenters. The zero-order valence-corrected chi connectivity index (χ0v) is 23.6. The number of benzene rings is 3. The van der Waals surface area contributed by atoms with Crippen LogP contribution < -0.4 is 19.1 Å². The van der Waals surface area contributed by atoms with Gasteiger partial charge in [-0.25, -0.2) is 0 Å². The number of halogens is 1. The topological polar surface area (TPSA) is 85.3 Å². The van der Waals surface area contributed by atoms with Crippen molar-refractivity contribution in [3.05, 3.63) is 87.9 Å². The molecule has 1 heterocycles. The second-order valence-corrected chi connectivity index (χ2v) is 10.6. The summed E-state index contributed by atoms with van der Waals surface area (Å²) in [7, 11) is 3.12. The predicted molar refractivity (Wildman–Crippen MR) is 152 cm³/mol. The number of nitrogens with zero attached hydrogens (tertiary/aromatic N) is 1. The third-order valence-corrected chi connectivity index (χ3v) is 6.89. The maximum atomic E-state index is 13.6. The van der Waals surface area contributed by atoms with Gasteiger partial charge in [-0.2, -0.15) is 0 Å². The van der Waals surface area contributed by atoms with Crippen LogP contribution in [0, 0.1) is 0 Å². The molecule has 204 valence electrons. The largest absolute Gasteiger partial charge is 0.507 e. The van der Waals surface area contributed by atoms with Gasteiger partial charge in [0, 0.05) is 21.8 Å². The fourth-order valence-electron chi connectivity index (χ4n) is 4.74. The lowest BCUT2D eigenvalue weighted by Crippen LogP contribution is -2.29. The average molecular weight is 550 g/mol. The number of methoxy groups -OCH3 is 2. The van der Waals surface area contributed by atoms with Gasteiger partial charge in [-0.15, -0.1) is 0 Å². The molecule has 1 amide bonds. The van der Waals surface area contributed by atoms with E-state index in [9.17, 15) is 14.7 Å². The monoisotopic (exact) mass is 549 g/mol. The Morgan fingerprint density at radius 1 is 0.923 bits per heavy atom. The Hall–Kier alpha value is -3.97. The van der Waals surface area contributed by atoms with Gasteiger partial charge in [0.05, 0.1) is 32.4 Å². The van der Waals surface area contributed by atoms with Crippen LogP contribution in [0.3, 0.4) is 0 Å². The van der Waals surface area contributed by atoms with Gasteiger partial charge in [0.2, 0.25) is 0 Å². The van der Waals surface area contributed by atoms with E-state index in [2.05, 4.69) is 0 Å². The van der Waals surface area contributed by atoms with E-state index in [4.69, 9.17) is 25.8 Å². The van der Waals surface area contributed by atoms with E-state index < -0.39 is 17.7 Å². The van der Waals surface area contributed by atoms with E-state index in [-0.39, 0.29) is 16.7 Å². The van der Waals surface area contributed by atoms with Crippen molar-refractivity contribution in [1.29, 1.82) is 0 Å². The number of hydrogen-bond acceptors (Lipinski definition) is 6. The van der Waals surface area contributed by atoms with Crippen molar-refractivity contribution >= 4 is 34.7 Å². The first-order valence-electron chi connectivity index (χ1n) is 12.6. The summed E-state index contributed by atoms with van der Waals surface area (Å²) in [4.78, 5) is 28.5. The number of aliphatic hydroxyl groups excluding tert-OH is 1. The molecule has 4 rings (SSSR count). The van der Waals surface area contributed by atoms with Crippen molar-refractivity contribution in [3.8, 4) is 17.2 Å². The first-order chi connectivity index (χ1) is 18.5. The van der Waals surface area contributed by atoms with Gasteiger partial charge < -0.3 is 19.3 Å². The Morgan fingerprint density at radius 3 is 2.15 bits per heavy atom. The predicted octanol–water partition coefficient (Wildman–Crippen LogP) is 6.68. The molecule has 0 radical (unpaired) electrons. The summed E-state index contributed by atoms with van der Waals surface area (Å²) in [6.07, 6.45) is 0. The average Bonchev–Trinajstić information content (AvgIpc) is 3.18.